The van der Waals surface area contributed by atoms with Crippen LogP contribution < -0.4 is 19.3 Å². The van der Waals surface area contributed by atoms with E-state index in [1.807, 2.05) is 0 Å². The standard InChI is InChI=1S/C19H22N4O5S/c1-19(2,3)28-18(25)22(4)16-13(27-5)10-11-15(21-16)23-17(24)20-12-8-6-7-9-14(12)29(23)26/h6-11H,1-5H3,(H,20,24). The van der Waals surface area contributed by atoms with Crippen LogP contribution >= 0.6 is 0 Å². The largest absolute Gasteiger partial charge is 0.493 e. The highest BCUT2D eigenvalue weighted by molar-refractivity contribution is 7.87. The summed E-state index contributed by atoms with van der Waals surface area (Å²) in [5.74, 6) is 0.523. The first-order chi connectivity index (χ1) is 13.6. The van der Waals surface area contributed by atoms with Gasteiger partial charge in [-0.1, -0.05) is 12.1 Å². The maximum absolute atomic E-state index is 13.0. The molecule has 0 spiro atoms. The third-order valence-electron chi connectivity index (χ3n) is 3.90. The Kier molecular flexibility index (Phi) is 5.47. The molecule has 0 aliphatic carbocycles. The topological polar surface area (TPSA) is 101 Å². The van der Waals surface area contributed by atoms with Gasteiger partial charge in [0.25, 0.3) is 0 Å². The van der Waals surface area contributed by atoms with Gasteiger partial charge in [-0.2, -0.15) is 4.31 Å². The molecule has 3 rings (SSSR count). The number of nitrogens with zero attached hydrogens (tertiary/aromatic N) is 3. The first-order valence-corrected chi connectivity index (χ1v) is 9.87. The van der Waals surface area contributed by atoms with Gasteiger partial charge in [0.05, 0.1) is 17.7 Å². The fraction of sp³-hybridized carbons (Fsp3) is 0.316. The molecule has 10 heteroatoms. The van der Waals surface area contributed by atoms with Crippen molar-refractivity contribution >= 4 is 40.4 Å². The molecule has 2 heterocycles. The van der Waals surface area contributed by atoms with Crippen LogP contribution in [0.5, 0.6) is 5.75 Å². The molecule has 1 N–H and O–H groups in total. The van der Waals surface area contributed by atoms with Crippen LogP contribution in [0.15, 0.2) is 41.3 Å². The second kappa shape index (κ2) is 7.70. The van der Waals surface area contributed by atoms with E-state index in [-0.39, 0.29) is 11.6 Å². The van der Waals surface area contributed by atoms with Crippen molar-refractivity contribution in [3.05, 3.63) is 36.4 Å². The number of methoxy groups -OCH3 is 1. The Bertz CT molecular complexity index is 989. The number of pyridine rings is 1. The van der Waals surface area contributed by atoms with Gasteiger partial charge in [0.15, 0.2) is 28.4 Å². The van der Waals surface area contributed by atoms with Crippen molar-refractivity contribution in [3.63, 3.8) is 0 Å². The minimum atomic E-state index is -1.81. The van der Waals surface area contributed by atoms with Gasteiger partial charge in [-0.25, -0.2) is 18.8 Å². The number of anilines is 3. The molecule has 2 aromatic rings. The first-order valence-electron chi connectivity index (χ1n) is 8.76. The molecule has 0 fully saturated rings. The molecule has 0 radical (unpaired) electrons. The molecule has 0 saturated heterocycles. The number of fused-ring (bicyclic) bond motifs is 1. The monoisotopic (exact) mass is 418 g/mol. The minimum absolute atomic E-state index is 0.0987. The van der Waals surface area contributed by atoms with Crippen LogP contribution in [0, 0.1) is 0 Å². The van der Waals surface area contributed by atoms with Crippen molar-refractivity contribution in [1.29, 1.82) is 0 Å². The van der Waals surface area contributed by atoms with Crippen molar-refractivity contribution in [2.24, 2.45) is 0 Å². The van der Waals surface area contributed by atoms with Crippen molar-refractivity contribution < 1.29 is 23.3 Å². The number of ether oxygens (including phenoxy) is 2. The van der Waals surface area contributed by atoms with Crippen LogP contribution in [-0.4, -0.2) is 41.1 Å². The Morgan fingerprint density at radius 1 is 1.21 bits per heavy atom. The Morgan fingerprint density at radius 2 is 1.90 bits per heavy atom. The van der Waals surface area contributed by atoms with Gasteiger partial charge in [0.1, 0.15) is 5.60 Å². The number of para-hydroxylation sites is 1. The number of rotatable bonds is 3. The third kappa shape index (κ3) is 4.16. The predicted octanol–water partition coefficient (Wildman–Crippen LogP) is 3.54. The van der Waals surface area contributed by atoms with Gasteiger partial charge in [-0.3, -0.25) is 4.90 Å². The van der Waals surface area contributed by atoms with Crippen LogP contribution in [0.3, 0.4) is 0 Å². The predicted molar refractivity (Wildman–Crippen MR) is 110 cm³/mol. The van der Waals surface area contributed by atoms with Crippen LogP contribution in [0.1, 0.15) is 20.8 Å². The molecule has 29 heavy (non-hydrogen) atoms. The quantitative estimate of drug-likeness (QED) is 0.818. The zero-order chi connectivity index (χ0) is 21.3. The van der Waals surface area contributed by atoms with E-state index in [0.29, 0.717) is 16.3 Å². The van der Waals surface area contributed by atoms with Crippen molar-refractivity contribution in [1.82, 2.24) is 4.98 Å². The van der Waals surface area contributed by atoms with E-state index in [1.165, 1.54) is 25.1 Å². The van der Waals surface area contributed by atoms with Crippen LogP contribution in [-0.2, 0) is 15.7 Å². The lowest BCUT2D eigenvalue weighted by atomic mass is 10.2. The Hall–Kier alpha value is -3.14. The summed E-state index contributed by atoms with van der Waals surface area (Å²) in [7, 11) is 1.11. The van der Waals surface area contributed by atoms with Gasteiger partial charge in [0, 0.05) is 7.05 Å². The fourth-order valence-electron chi connectivity index (χ4n) is 2.61. The number of benzene rings is 1. The lowest BCUT2D eigenvalue weighted by Gasteiger charge is -2.28. The number of urea groups is 1. The molecule has 0 bridgehead atoms. The highest BCUT2D eigenvalue weighted by Gasteiger charge is 2.33. The van der Waals surface area contributed by atoms with E-state index in [2.05, 4.69) is 10.3 Å². The maximum Gasteiger partial charge on any atom is 0.415 e. The van der Waals surface area contributed by atoms with Gasteiger partial charge in [0.2, 0.25) is 0 Å². The lowest BCUT2D eigenvalue weighted by molar-refractivity contribution is 0.0587. The minimum Gasteiger partial charge on any atom is -0.493 e. The molecular formula is C19H22N4O5S. The zero-order valence-electron chi connectivity index (χ0n) is 16.8. The highest BCUT2D eigenvalue weighted by atomic mass is 32.2. The molecule has 1 atom stereocenters. The van der Waals surface area contributed by atoms with Crippen molar-refractivity contribution in [2.45, 2.75) is 31.3 Å². The molecule has 154 valence electrons. The van der Waals surface area contributed by atoms with E-state index in [0.717, 1.165) is 4.31 Å². The summed E-state index contributed by atoms with van der Waals surface area (Å²) in [5.41, 5.74) is -0.222. The molecule has 9 nitrogen and oxygen atoms in total. The average Bonchev–Trinajstić information content (AvgIpc) is 2.66. The number of hydrogen-bond acceptors (Lipinski definition) is 6. The molecular weight excluding hydrogens is 396 g/mol. The second-order valence-corrected chi connectivity index (χ2v) is 8.51. The van der Waals surface area contributed by atoms with E-state index < -0.39 is 28.7 Å². The molecule has 1 aliphatic heterocycles. The highest BCUT2D eigenvalue weighted by Crippen LogP contribution is 2.34. The molecule has 0 saturated carbocycles. The summed E-state index contributed by atoms with van der Waals surface area (Å²) >= 11 is 0. The number of amides is 3. The van der Waals surface area contributed by atoms with Gasteiger partial charge in [-0.05, 0) is 45.0 Å². The van der Waals surface area contributed by atoms with Crippen molar-refractivity contribution in [2.75, 3.05) is 28.7 Å². The second-order valence-electron chi connectivity index (χ2n) is 7.20. The van der Waals surface area contributed by atoms with Crippen LogP contribution in [0.2, 0.25) is 0 Å². The Morgan fingerprint density at radius 3 is 2.55 bits per heavy atom. The van der Waals surface area contributed by atoms with E-state index in [9.17, 15) is 13.8 Å². The van der Waals surface area contributed by atoms with Gasteiger partial charge < -0.3 is 14.8 Å². The Labute approximate surface area is 171 Å². The molecule has 3 amide bonds. The average molecular weight is 418 g/mol. The SMILES string of the molecule is COc1ccc(N2C(=O)Nc3ccccc3S2=O)nc1N(C)C(=O)OC(C)(C)C. The number of carbonyl (C=O) groups excluding carboxylic acids is 2. The molecule has 1 aromatic heterocycles. The number of hydrogen-bond donors (Lipinski definition) is 1. The lowest BCUT2D eigenvalue weighted by Crippen LogP contribution is -2.41. The molecule has 1 aliphatic rings. The fourth-order valence-corrected chi connectivity index (χ4v) is 3.77. The third-order valence-corrected chi connectivity index (χ3v) is 5.32. The zero-order valence-corrected chi connectivity index (χ0v) is 17.6. The summed E-state index contributed by atoms with van der Waals surface area (Å²) in [5, 5.41) is 2.69. The van der Waals surface area contributed by atoms with E-state index >= 15 is 0 Å². The number of aromatic nitrogens is 1. The maximum atomic E-state index is 13.0. The van der Waals surface area contributed by atoms with E-state index in [1.54, 1.807) is 51.1 Å². The molecule has 1 unspecified atom stereocenters. The number of nitrogens with one attached hydrogen (secondary N) is 1. The normalized spacial score (nSPS) is 16.0. The summed E-state index contributed by atoms with van der Waals surface area (Å²) in [4.78, 5) is 31.0. The van der Waals surface area contributed by atoms with Gasteiger partial charge >= 0.3 is 12.1 Å². The Balaban J connectivity index is 2.00. The summed E-state index contributed by atoms with van der Waals surface area (Å²) in [6.07, 6.45) is -0.644. The summed E-state index contributed by atoms with van der Waals surface area (Å²) < 4.78 is 24.7. The van der Waals surface area contributed by atoms with Crippen LogP contribution in [0.4, 0.5) is 26.9 Å². The molecule has 1 aromatic carbocycles. The summed E-state index contributed by atoms with van der Waals surface area (Å²) in [6.45, 7) is 5.25. The smallest absolute Gasteiger partial charge is 0.415 e. The number of carbonyl (C=O) groups is 2. The van der Waals surface area contributed by atoms with E-state index in [4.69, 9.17) is 9.47 Å². The van der Waals surface area contributed by atoms with Crippen LogP contribution in [0.25, 0.3) is 0 Å². The van der Waals surface area contributed by atoms with Crippen molar-refractivity contribution in [3.8, 4) is 5.75 Å². The first kappa shape index (κ1) is 20.6. The van der Waals surface area contributed by atoms with Gasteiger partial charge in [-0.15, -0.1) is 0 Å². The summed E-state index contributed by atoms with van der Waals surface area (Å²) in [6, 6.07) is 9.26.